The molecule has 6 heteroatoms. The van der Waals surface area contributed by atoms with Crippen molar-refractivity contribution in [3.8, 4) is 5.75 Å². The fourth-order valence-electron chi connectivity index (χ4n) is 1.83. The fraction of sp³-hybridized carbons (Fsp3) is 0.0833. The molecule has 1 N–H and O–H groups in total. The summed E-state index contributed by atoms with van der Waals surface area (Å²) < 4.78 is 27.3. The first kappa shape index (κ1) is 12.7. The second-order valence-electron chi connectivity index (χ2n) is 3.50. The topological polar surface area (TPSA) is 80.7 Å². The van der Waals surface area contributed by atoms with Crippen LogP contribution in [0.5, 0.6) is 5.75 Å². The van der Waals surface area contributed by atoms with Crippen molar-refractivity contribution < 1.29 is 20.8 Å². The summed E-state index contributed by atoms with van der Waals surface area (Å²) in [4.78, 5) is 11.2. The van der Waals surface area contributed by atoms with Crippen LogP contribution in [-0.2, 0) is 6.14 Å². The lowest BCUT2D eigenvalue weighted by atomic mass is 10.0. The fourth-order valence-corrected chi connectivity index (χ4v) is 3.26. The molecule has 2 aromatic rings. The highest BCUT2D eigenvalue weighted by Crippen LogP contribution is 2.33. The van der Waals surface area contributed by atoms with Gasteiger partial charge in [0.2, 0.25) is 0 Å². The van der Waals surface area contributed by atoms with E-state index in [1.165, 1.54) is 13.2 Å². The minimum absolute atomic E-state index is 0.104. The van der Waals surface area contributed by atoms with Crippen LogP contribution in [0.25, 0.3) is 10.8 Å². The van der Waals surface area contributed by atoms with Gasteiger partial charge in [-0.05, 0) is 18.2 Å². The Morgan fingerprint density at radius 2 is 1.89 bits per heavy atom. The van der Waals surface area contributed by atoms with Gasteiger partial charge in [0.1, 0.15) is 5.75 Å². The highest BCUT2D eigenvalue weighted by atomic mass is 127. The van der Waals surface area contributed by atoms with Crippen LogP contribution in [0.15, 0.2) is 30.3 Å². The van der Waals surface area contributed by atoms with E-state index < -0.39 is 25.8 Å². The largest absolute Gasteiger partial charge is 0.496 e. The van der Waals surface area contributed by atoms with Gasteiger partial charge in [-0.2, -0.15) is 0 Å². The number of hydrogen-bond acceptors (Lipinski definition) is 4. The van der Waals surface area contributed by atoms with Gasteiger partial charge in [-0.25, -0.2) is 10.9 Å². The molecule has 2 aromatic carbocycles. The van der Waals surface area contributed by atoms with Gasteiger partial charge in [0.15, 0.2) is 0 Å². The van der Waals surface area contributed by atoms with Crippen molar-refractivity contribution in [3.05, 3.63) is 39.5 Å². The number of aromatic carboxylic acids is 1. The molecule has 0 radical (unpaired) electrons. The molecule has 2 rings (SSSR count). The van der Waals surface area contributed by atoms with Crippen LogP contribution in [0.4, 0.5) is 0 Å². The van der Waals surface area contributed by atoms with Gasteiger partial charge in [-0.15, -0.1) is 0 Å². The quantitative estimate of drug-likeness (QED) is 0.852. The molecule has 0 fully saturated rings. The summed E-state index contributed by atoms with van der Waals surface area (Å²) in [5.74, 6) is -0.739. The van der Waals surface area contributed by atoms with Crippen LogP contribution in [0.2, 0.25) is 0 Å². The summed E-state index contributed by atoms with van der Waals surface area (Å²) in [6.07, 6.45) is 0. The summed E-state index contributed by atoms with van der Waals surface area (Å²) in [6.45, 7) is 0. The molecule has 0 aliphatic heterocycles. The molecule has 0 heterocycles. The highest BCUT2D eigenvalue weighted by Gasteiger charge is 2.18. The Bertz CT molecular complexity index is 695. The smallest absolute Gasteiger partial charge is 0.341 e. The first-order valence-corrected chi connectivity index (χ1v) is 7.78. The monoisotopic (exact) mass is 360 g/mol. The van der Waals surface area contributed by atoms with Gasteiger partial charge >= 0.3 is 25.8 Å². The standard InChI is InChI=1S/C12H9IO5/c1-18-10-4-2-3-8-7(10)5-6-9(13(16)17)11(8)12(14)15/h2-6H,1H3,(H,14,15). The van der Waals surface area contributed by atoms with Gasteiger partial charge in [-0.3, -0.25) is 0 Å². The van der Waals surface area contributed by atoms with Crippen LogP contribution < -0.4 is 4.74 Å². The maximum atomic E-state index is 11.2. The Hall–Kier alpha value is -1.70. The SMILES string of the molecule is COc1cccc2c(C(=O)O)c(I(=O)=O)ccc12. The van der Waals surface area contributed by atoms with E-state index in [-0.39, 0.29) is 9.13 Å². The van der Waals surface area contributed by atoms with E-state index in [2.05, 4.69) is 0 Å². The van der Waals surface area contributed by atoms with Crippen molar-refractivity contribution in [2.45, 2.75) is 0 Å². The molecule has 0 atom stereocenters. The van der Waals surface area contributed by atoms with Gasteiger partial charge in [0.05, 0.1) is 16.2 Å². The van der Waals surface area contributed by atoms with E-state index in [1.54, 1.807) is 24.3 Å². The van der Waals surface area contributed by atoms with Gasteiger partial charge in [0, 0.05) is 10.8 Å². The van der Waals surface area contributed by atoms with Crippen LogP contribution in [-0.4, -0.2) is 18.2 Å². The van der Waals surface area contributed by atoms with E-state index in [1.807, 2.05) is 0 Å². The second-order valence-corrected chi connectivity index (χ2v) is 5.90. The summed E-state index contributed by atoms with van der Waals surface area (Å²) in [5, 5.41) is 10.1. The lowest BCUT2D eigenvalue weighted by molar-refractivity contribution is 0.0698. The van der Waals surface area contributed by atoms with Gasteiger partial charge in [-0.1, -0.05) is 12.1 Å². The van der Waals surface area contributed by atoms with Gasteiger partial charge in [0.25, 0.3) is 0 Å². The second kappa shape index (κ2) is 4.89. The van der Waals surface area contributed by atoms with E-state index >= 15 is 0 Å². The van der Waals surface area contributed by atoms with Crippen molar-refractivity contribution in [2.24, 2.45) is 0 Å². The number of fused-ring (bicyclic) bond motifs is 1. The van der Waals surface area contributed by atoms with Crippen molar-refractivity contribution >= 4 is 36.5 Å². The Balaban J connectivity index is 2.95. The third kappa shape index (κ3) is 2.03. The molecular weight excluding hydrogens is 351 g/mol. The number of hydrogen-bond donors (Lipinski definition) is 1. The van der Waals surface area contributed by atoms with Crippen LogP contribution in [0.3, 0.4) is 0 Å². The normalized spacial score (nSPS) is 10.8. The predicted molar refractivity (Wildman–Crippen MR) is 71.5 cm³/mol. The molecular formula is C12H9IO5. The third-order valence-corrected chi connectivity index (χ3v) is 4.42. The van der Waals surface area contributed by atoms with Crippen molar-refractivity contribution in [1.82, 2.24) is 0 Å². The summed E-state index contributed by atoms with van der Waals surface area (Å²) in [6, 6.07) is 7.78. The zero-order valence-corrected chi connectivity index (χ0v) is 11.5. The Kier molecular flexibility index (Phi) is 3.46. The van der Waals surface area contributed by atoms with Crippen LogP contribution in [0, 0.1) is 3.57 Å². The molecule has 18 heavy (non-hydrogen) atoms. The molecule has 0 amide bonds. The Labute approximate surface area is 110 Å². The Morgan fingerprint density at radius 1 is 1.17 bits per heavy atom. The lowest BCUT2D eigenvalue weighted by Gasteiger charge is -2.08. The summed E-state index contributed by atoms with van der Waals surface area (Å²) in [7, 11) is 1.48. The molecule has 0 bridgehead atoms. The molecule has 5 nitrogen and oxygen atoms in total. The Morgan fingerprint density at radius 3 is 2.44 bits per heavy atom. The molecule has 94 valence electrons. The number of ether oxygens (including phenoxy) is 1. The van der Waals surface area contributed by atoms with E-state index in [0.29, 0.717) is 16.5 Å². The number of benzene rings is 2. The first-order valence-electron chi connectivity index (χ1n) is 4.94. The first-order chi connectivity index (χ1) is 8.56. The number of carboxylic acid groups (broad SMARTS) is 1. The van der Waals surface area contributed by atoms with Crippen LogP contribution >= 0.6 is 19.8 Å². The molecule has 0 saturated carbocycles. The number of methoxy groups -OCH3 is 1. The maximum Gasteiger partial charge on any atom is 0.341 e. The van der Waals surface area contributed by atoms with Crippen molar-refractivity contribution in [3.63, 3.8) is 0 Å². The average molecular weight is 360 g/mol. The number of rotatable bonds is 3. The maximum absolute atomic E-state index is 11.2. The zero-order chi connectivity index (χ0) is 13.3. The predicted octanol–water partition coefficient (Wildman–Crippen LogP) is 2.91. The van der Waals surface area contributed by atoms with Crippen molar-refractivity contribution in [1.29, 1.82) is 0 Å². The zero-order valence-electron chi connectivity index (χ0n) is 9.34. The van der Waals surface area contributed by atoms with E-state index in [4.69, 9.17) is 4.74 Å². The van der Waals surface area contributed by atoms with E-state index in [0.717, 1.165) is 0 Å². The minimum Gasteiger partial charge on any atom is -0.496 e. The number of carbonyl (C=O) groups is 1. The molecule has 0 aromatic heterocycles. The highest BCUT2D eigenvalue weighted by molar-refractivity contribution is 14.2. The number of carboxylic acids is 1. The lowest BCUT2D eigenvalue weighted by Crippen LogP contribution is -2.02. The van der Waals surface area contributed by atoms with Crippen molar-refractivity contribution in [2.75, 3.05) is 7.11 Å². The average Bonchev–Trinajstić information content (AvgIpc) is 2.35. The third-order valence-electron chi connectivity index (χ3n) is 2.57. The number of halogens is 1. The molecule has 0 aliphatic rings. The summed E-state index contributed by atoms with van der Waals surface area (Å²) >= 11 is -3.85. The van der Waals surface area contributed by atoms with Crippen LogP contribution in [0.1, 0.15) is 10.4 Å². The molecule has 0 spiro atoms. The molecule has 0 aliphatic carbocycles. The molecule has 0 saturated heterocycles. The van der Waals surface area contributed by atoms with E-state index in [9.17, 15) is 16.0 Å². The molecule has 0 unspecified atom stereocenters. The van der Waals surface area contributed by atoms with Gasteiger partial charge < -0.3 is 9.84 Å². The summed E-state index contributed by atoms with van der Waals surface area (Å²) in [5.41, 5.74) is -0.179. The minimum atomic E-state index is -3.85.